The fraction of sp³-hybridized carbons (Fsp3) is 0.545. The van der Waals surface area contributed by atoms with E-state index in [2.05, 4.69) is 18.5 Å². The Morgan fingerprint density at radius 3 is 2.50 bits per heavy atom. The number of nitrogens with zero attached hydrogens (tertiary/aromatic N) is 1. The van der Waals surface area contributed by atoms with E-state index in [1.54, 1.807) is 17.1 Å². The molecule has 0 bridgehead atoms. The van der Waals surface area contributed by atoms with Crippen LogP contribution in [0.2, 0.25) is 0 Å². The maximum atomic E-state index is 11.6. The third kappa shape index (κ3) is 4.82. The van der Waals surface area contributed by atoms with Gasteiger partial charge in [0.1, 0.15) is 0 Å². The molecule has 1 amide bonds. The monoisotopic (exact) mass is 196 g/mol. The van der Waals surface area contributed by atoms with E-state index in [1.807, 2.05) is 13.8 Å². The van der Waals surface area contributed by atoms with Gasteiger partial charge in [-0.15, -0.1) is 13.2 Å². The highest BCUT2D eigenvalue weighted by Crippen LogP contribution is 1.98. The smallest absolute Gasteiger partial charge is 0.237 e. The summed E-state index contributed by atoms with van der Waals surface area (Å²) in [6, 6.07) is 0.214. The first kappa shape index (κ1) is 12.9. The van der Waals surface area contributed by atoms with Gasteiger partial charge >= 0.3 is 0 Å². The molecule has 0 aliphatic heterocycles. The van der Waals surface area contributed by atoms with E-state index >= 15 is 0 Å². The molecule has 0 unspecified atom stereocenters. The molecule has 80 valence electrons. The van der Waals surface area contributed by atoms with Gasteiger partial charge in [-0.25, -0.2) is 0 Å². The molecule has 0 aromatic heterocycles. The number of rotatable bonds is 7. The van der Waals surface area contributed by atoms with E-state index in [0.29, 0.717) is 19.6 Å². The Morgan fingerprint density at radius 2 is 2.07 bits per heavy atom. The van der Waals surface area contributed by atoms with Gasteiger partial charge in [0.2, 0.25) is 5.91 Å². The normalized spacial score (nSPS) is 9.93. The zero-order chi connectivity index (χ0) is 11.0. The number of hydrogen-bond donors (Lipinski definition) is 1. The number of carbonyl (C=O) groups excluding carboxylic acids is 1. The molecule has 0 aromatic rings. The summed E-state index contributed by atoms with van der Waals surface area (Å²) in [6.07, 6.45) is 3.48. The average Bonchev–Trinajstić information content (AvgIpc) is 2.13. The maximum Gasteiger partial charge on any atom is 0.237 e. The molecule has 1 N–H and O–H groups in total. The van der Waals surface area contributed by atoms with E-state index in [1.165, 1.54) is 0 Å². The molecule has 0 saturated carbocycles. The second kappa shape index (κ2) is 7.33. The molecule has 0 rings (SSSR count). The van der Waals surface area contributed by atoms with Crippen LogP contribution >= 0.6 is 0 Å². The second-order valence-corrected chi connectivity index (χ2v) is 3.35. The molecule has 0 aliphatic carbocycles. The van der Waals surface area contributed by atoms with Crippen LogP contribution < -0.4 is 5.32 Å². The van der Waals surface area contributed by atoms with Gasteiger partial charge < -0.3 is 10.2 Å². The lowest BCUT2D eigenvalue weighted by atomic mass is 10.3. The standard InChI is InChI=1S/C11H20N2O/c1-5-7-12-9-11(14)13(8-6-2)10(3)4/h5-6,10,12H,1-2,7-9H2,3-4H3. The van der Waals surface area contributed by atoms with E-state index in [9.17, 15) is 4.79 Å². The van der Waals surface area contributed by atoms with E-state index < -0.39 is 0 Å². The summed E-state index contributed by atoms with van der Waals surface area (Å²) in [4.78, 5) is 13.4. The van der Waals surface area contributed by atoms with Crippen molar-refractivity contribution in [3.05, 3.63) is 25.3 Å². The van der Waals surface area contributed by atoms with Gasteiger partial charge in [-0.3, -0.25) is 4.79 Å². The first-order valence-corrected chi connectivity index (χ1v) is 4.85. The van der Waals surface area contributed by atoms with Crippen LogP contribution in [-0.4, -0.2) is 36.5 Å². The Morgan fingerprint density at radius 1 is 1.43 bits per heavy atom. The van der Waals surface area contributed by atoms with Crippen LogP contribution in [0.5, 0.6) is 0 Å². The minimum absolute atomic E-state index is 0.0988. The van der Waals surface area contributed by atoms with Gasteiger partial charge in [0.15, 0.2) is 0 Å². The molecule has 3 heteroatoms. The summed E-state index contributed by atoms with van der Waals surface area (Å²) >= 11 is 0. The minimum Gasteiger partial charge on any atom is -0.335 e. The molecule has 0 aromatic carbocycles. The summed E-state index contributed by atoms with van der Waals surface area (Å²) in [5.41, 5.74) is 0. The predicted octanol–water partition coefficient (Wildman–Crippen LogP) is 1.18. The highest BCUT2D eigenvalue weighted by atomic mass is 16.2. The quantitative estimate of drug-likeness (QED) is 0.490. The van der Waals surface area contributed by atoms with Crippen molar-refractivity contribution in [3.63, 3.8) is 0 Å². The first-order chi connectivity index (χ1) is 6.63. The molecule has 0 saturated heterocycles. The van der Waals surface area contributed by atoms with Crippen molar-refractivity contribution >= 4 is 5.91 Å². The Balaban J connectivity index is 4.01. The summed E-state index contributed by atoms with van der Waals surface area (Å²) in [5.74, 6) is 0.0988. The summed E-state index contributed by atoms with van der Waals surface area (Å²) in [6.45, 7) is 12.8. The molecule has 0 spiro atoms. The van der Waals surface area contributed by atoms with Crippen LogP contribution in [0.3, 0.4) is 0 Å². The van der Waals surface area contributed by atoms with E-state index in [0.717, 1.165) is 0 Å². The lowest BCUT2D eigenvalue weighted by Crippen LogP contribution is -2.42. The first-order valence-electron chi connectivity index (χ1n) is 4.85. The fourth-order valence-electron chi connectivity index (χ4n) is 1.12. The third-order valence-corrected chi connectivity index (χ3v) is 1.83. The SMILES string of the molecule is C=CCNCC(=O)N(CC=C)C(C)C. The van der Waals surface area contributed by atoms with Gasteiger partial charge in [-0.2, -0.15) is 0 Å². The second-order valence-electron chi connectivity index (χ2n) is 3.35. The number of amides is 1. The summed E-state index contributed by atoms with van der Waals surface area (Å²) < 4.78 is 0. The van der Waals surface area contributed by atoms with Crippen LogP contribution in [0.25, 0.3) is 0 Å². The van der Waals surface area contributed by atoms with Crippen molar-refractivity contribution in [1.82, 2.24) is 10.2 Å². The zero-order valence-corrected chi connectivity index (χ0v) is 9.12. The van der Waals surface area contributed by atoms with Gasteiger partial charge in [0, 0.05) is 19.1 Å². The lowest BCUT2D eigenvalue weighted by molar-refractivity contribution is -0.131. The maximum absolute atomic E-state index is 11.6. The Labute approximate surface area is 86.5 Å². The molecule has 3 nitrogen and oxygen atoms in total. The fourth-order valence-corrected chi connectivity index (χ4v) is 1.12. The van der Waals surface area contributed by atoms with Crippen molar-refractivity contribution in [1.29, 1.82) is 0 Å². The number of carbonyl (C=O) groups is 1. The molecule has 0 fully saturated rings. The van der Waals surface area contributed by atoms with Crippen LogP contribution in [0.1, 0.15) is 13.8 Å². The van der Waals surface area contributed by atoms with Crippen LogP contribution in [0.15, 0.2) is 25.3 Å². The summed E-state index contributed by atoms with van der Waals surface area (Å²) in [7, 11) is 0. The lowest BCUT2D eigenvalue weighted by Gasteiger charge is -2.25. The van der Waals surface area contributed by atoms with Gasteiger partial charge in [-0.1, -0.05) is 12.2 Å². The van der Waals surface area contributed by atoms with Crippen molar-refractivity contribution in [2.45, 2.75) is 19.9 Å². The van der Waals surface area contributed by atoms with Crippen LogP contribution in [0, 0.1) is 0 Å². The highest BCUT2D eigenvalue weighted by molar-refractivity contribution is 5.78. The molecule has 0 heterocycles. The van der Waals surface area contributed by atoms with E-state index in [4.69, 9.17) is 0 Å². The number of nitrogens with one attached hydrogen (secondary N) is 1. The van der Waals surface area contributed by atoms with Crippen LogP contribution in [-0.2, 0) is 4.79 Å². The molecular weight excluding hydrogens is 176 g/mol. The van der Waals surface area contributed by atoms with E-state index in [-0.39, 0.29) is 11.9 Å². The molecule has 14 heavy (non-hydrogen) atoms. The molecule has 0 radical (unpaired) electrons. The van der Waals surface area contributed by atoms with Crippen molar-refractivity contribution < 1.29 is 4.79 Å². The molecule has 0 atom stereocenters. The predicted molar refractivity (Wildman–Crippen MR) is 60.1 cm³/mol. The van der Waals surface area contributed by atoms with Crippen LogP contribution in [0.4, 0.5) is 0 Å². The zero-order valence-electron chi connectivity index (χ0n) is 9.12. The topological polar surface area (TPSA) is 32.3 Å². The molecular formula is C11H20N2O. The van der Waals surface area contributed by atoms with Crippen molar-refractivity contribution in [2.75, 3.05) is 19.6 Å². The highest BCUT2D eigenvalue weighted by Gasteiger charge is 2.13. The third-order valence-electron chi connectivity index (χ3n) is 1.83. The minimum atomic E-state index is 0.0988. The Kier molecular flexibility index (Phi) is 6.76. The summed E-state index contributed by atoms with van der Waals surface area (Å²) in [5, 5.41) is 2.99. The Hall–Kier alpha value is -1.09. The van der Waals surface area contributed by atoms with Gasteiger partial charge in [-0.05, 0) is 13.8 Å². The molecule has 0 aliphatic rings. The van der Waals surface area contributed by atoms with Gasteiger partial charge in [0.25, 0.3) is 0 Å². The largest absolute Gasteiger partial charge is 0.335 e. The Bertz CT molecular complexity index is 199. The van der Waals surface area contributed by atoms with Gasteiger partial charge in [0.05, 0.1) is 6.54 Å². The number of hydrogen-bond acceptors (Lipinski definition) is 2. The van der Waals surface area contributed by atoms with Crippen molar-refractivity contribution in [3.8, 4) is 0 Å². The average molecular weight is 196 g/mol. The van der Waals surface area contributed by atoms with Crippen molar-refractivity contribution in [2.24, 2.45) is 0 Å².